The lowest BCUT2D eigenvalue weighted by molar-refractivity contribution is 0.457. The first-order valence-electron chi connectivity index (χ1n) is 6.58. The molecule has 0 aliphatic heterocycles. The Morgan fingerprint density at radius 1 is 1.26 bits per heavy atom. The van der Waals surface area contributed by atoms with E-state index in [9.17, 15) is 0 Å². The van der Waals surface area contributed by atoms with Crippen molar-refractivity contribution in [3.05, 3.63) is 11.4 Å². The van der Waals surface area contributed by atoms with E-state index in [0.717, 1.165) is 22.6 Å². The topological polar surface area (TPSA) is 63.8 Å². The average molecular weight is 276 g/mol. The van der Waals surface area contributed by atoms with Crippen LogP contribution in [-0.2, 0) is 0 Å². The van der Waals surface area contributed by atoms with Crippen molar-refractivity contribution < 1.29 is 0 Å². The summed E-state index contributed by atoms with van der Waals surface area (Å²) in [6, 6.07) is 2.05. The molecule has 0 saturated heterocycles. The molecule has 0 radical (unpaired) electrons. The molecule has 1 aliphatic rings. The van der Waals surface area contributed by atoms with Crippen LogP contribution in [0.3, 0.4) is 0 Å². The van der Waals surface area contributed by atoms with Gasteiger partial charge in [-0.1, -0.05) is 27.7 Å². The fourth-order valence-corrected chi connectivity index (χ4v) is 3.82. The van der Waals surface area contributed by atoms with Crippen LogP contribution in [0, 0.1) is 16.7 Å². The zero-order valence-electron chi connectivity index (χ0n) is 11.8. The molecule has 19 heavy (non-hydrogen) atoms. The summed E-state index contributed by atoms with van der Waals surface area (Å²) < 4.78 is 0. The predicted molar refractivity (Wildman–Crippen MR) is 81.4 cm³/mol. The number of hydrogen-bond acceptors (Lipinski definition) is 5. The van der Waals surface area contributed by atoms with Crippen molar-refractivity contribution in [3.8, 4) is 0 Å². The van der Waals surface area contributed by atoms with E-state index in [4.69, 9.17) is 5.73 Å². The minimum Gasteiger partial charge on any atom is -0.369 e. The molecule has 0 amide bonds. The van der Waals surface area contributed by atoms with E-state index in [2.05, 4.69) is 43.0 Å². The van der Waals surface area contributed by atoms with E-state index >= 15 is 0 Å². The Hall–Kier alpha value is -1.36. The van der Waals surface area contributed by atoms with Gasteiger partial charge < -0.3 is 11.1 Å². The second-order valence-corrected chi connectivity index (χ2v) is 7.34. The van der Waals surface area contributed by atoms with Gasteiger partial charge in [-0.15, -0.1) is 11.3 Å². The number of nitrogen functional groups attached to an aromatic ring is 1. The third kappa shape index (κ3) is 1.79. The average Bonchev–Trinajstić information content (AvgIpc) is 2.70. The highest BCUT2D eigenvalue weighted by atomic mass is 32.1. The van der Waals surface area contributed by atoms with Gasteiger partial charge in [-0.25, -0.2) is 4.98 Å². The van der Waals surface area contributed by atoms with Crippen LogP contribution in [0.1, 0.15) is 27.7 Å². The first kappa shape index (κ1) is 12.7. The molecule has 0 spiro atoms. The van der Waals surface area contributed by atoms with Gasteiger partial charge in [-0.3, -0.25) is 0 Å². The molecule has 3 N–H and O–H groups in total. The largest absolute Gasteiger partial charge is 0.369 e. The van der Waals surface area contributed by atoms with Crippen LogP contribution >= 0.6 is 11.3 Å². The number of aromatic nitrogens is 2. The Balaban J connectivity index is 1.82. The van der Waals surface area contributed by atoms with Crippen molar-refractivity contribution in [1.29, 1.82) is 0 Å². The van der Waals surface area contributed by atoms with Crippen molar-refractivity contribution in [1.82, 2.24) is 9.97 Å². The maximum absolute atomic E-state index is 5.76. The van der Waals surface area contributed by atoms with Gasteiger partial charge in [-0.05, 0) is 28.2 Å². The van der Waals surface area contributed by atoms with E-state index in [0.29, 0.717) is 22.7 Å². The fourth-order valence-electron chi connectivity index (χ4n) is 3.05. The van der Waals surface area contributed by atoms with Gasteiger partial charge in [0.2, 0.25) is 5.95 Å². The van der Waals surface area contributed by atoms with Crippen molar-refractivity contribution in [2.24, 2.45) is 16.7 Å². The van der Waals surface area contributed by atoms with E-state index in [-0.39, 0.29) is 0 Å². The monoisotopic (exact) mass is 276 g/mol. The molecule has 2 aromatic rings. The molecule has 0 bridgehead atoms. The molecule has 4 nitrogen and oxygen atoms in total. The lowest BCUT2D eigenvalue weighted by atomic mass is 10.0. The highest BCUT2D eigenvalue weighted by Crippen LogP contribution is 2.68. The van der Waals surface area contributed by atoms with Gasteiger partial charge in [0.1, 0.15) is 10.6 Å². The summed E-state index contributed by atoms with van der Waals surface area (Å²) in [5.41, 5.74) is 6.52. The smallest absolute Gasteiger partial charge is 0.223 e. The maximum atomic E-state index is 5.76. The second-order valence-electron chi connectivity index (χ2n) is 6.45. The minimum absolute atomic E-state index is 0.340. The Kier molecular flexibility index (Phi) is 2.55. The molecule has 0 atom stereocenters. The van der Waals surface area contributed by atoms with Crippen LogP contribution in [-0.4, -0.2) is 16.5 Å². The molecule has 2 heterocycles. The number of nitrogens with zero attached hydrogens (tertiary/aromatic N) is 2. The van der Waals surface area contributed by atoms with Gasteiger partial charge in [-0.2, -0.15) is 4.98 Å². The quantitative estimate of drug-likeness (QED) is 0.902. The van der Waals surface area contributed by atoms with Crippen LogP contribution in [0.2, 0.25) is 0 Å². The molecule has 5 heteroatoms. The number of nitrogens with two attached hydrogens (primary N) is 1. The van der Waals surface area contributed by atoms with E-state index in [1.807, 2.05) is 11.4 Å². The lowest BCUT2D eigenvalue weighted by Gasteiger charge is -2.08. The third-order valence-electron chi connectivity index (χ3n) is 5.14. The van der Waals surface area contributed by atoms with Gasteiger partial charge in [0, 0.05) is 6.54 Å². The SMILES string of the molecule is CC1(C)C(CNc2nc(N)nc3sccc23)C1(C)C. The first-order valence-corrected chi connectivity index (χ1v) is 7.46. The molecule has 3 rings (SSSR count). The van der Waals surface area contributed by atoms with Crippen LogP contribution < -0.4 is 11.1 Å². The molecule has 1 fully saturated rings. The third-order valence-corrected chi connectivity index (χ3v) is 5.94. The first-order chi connectivity index (χ1) is 8.84. The summed E-state index contributed by atoms with van der Waals surface area (Å²) in [6.07, 6.45) is 0. The van der Waals surface area contributed by atoms with Gasteiger partial charge in [0.05, 0.1) is 5.39 Å². The van der Waals surface area contributed by atoms with Gasteiger partial charge in [0.15, 0.2) is 0 Å². The van der Waals surface area contributed by atoms with Gasteiger partial charge >= 0.3 is 0 Å². The molecular formula is C14H20N4S. The van der Waals surface area contributed by atoms with E-state index in [1.165, 1.54) is 0 Å². The lowest BCUT2D eigenvalue weighted by Crippen LogP contribution is -2.10. The Morgan fingerprint density at radius 2 is 1.95 bits per heavy atom. The highest BCUT2D eigenvalue weighted by molar-refractivity contribution is 7.16. The summed E-state index contributed by atoms with van der Waals surface area (Å²) in [5.74, 6) is 1.86. The van der Waals surface area contributed by atoms with E-state index < -0.39 is 0 Å². The minimum atomic E-state index is 0.340. The molecule has 1 saturated carbocycles. The Morgan fingerprint density at radius 3 is 2.58 bits per heavy atom. The number of thiophene rings is 1. The molecule has 1 aliphatic carbocycles. The van der Waals surface area contributed by atoms with Crippen LogP contribution in [0.15, 0.2) is 11.4 Å². The number of fused-ring (bicyclic) bond motifs is 1. The van der Waals surface area contributed by atoms with Gasteiger partial charge in [0.25, 0.3) is 0 Å². The molecule has 2 aromatic heterocycles. The highest BCUT2D eigenvalue weighted by Gasteiger charge is 2.64. The Bertz CT molecular complexity index is 615. The number of hydrogen-bond donors (Lipinski definition) is 2. The van der Waals surface area contributed by atoms with Crippen LogP contribution in [0.25, 0.3) is 10.2 Å². The maximum Gasteiger partial charge on any atom is 0.223 e. The number of anilines is 2. The molecule has 0 unspecified atom stereocenters. The number of rotatable bonds is 3. The van der Waals surface area contributed by atoms with Crippen molar-refractivity contribution in [3.63, 3.8) is 0 Å². The zero-order valence-corrected chi connectivity index (χ0v) is 12.6. The predicted octanol–water partition coefficient (Wildman–Crippen LogP) is 3.37. The van der Waals surface area contributed by atoms with E-state index in [1.54, 1.807) is 11.3 Å². The summed E-state index contributed by atoms with van der Waals surface area (Å²) in [4.78, 5) is 9.52. The molecular weight excluding hydrogens is 256 g/mol. The summed E-state index contributed by atoms with van der Waals surface area (Å²) in [7, 11) is 0. The fraction of sp³-hybridized carbons (Fsp3) is 0.571. The molecule has 0 aromatic carbocycles. The Labute approximate surface area is 117 Å². The summed E-state index contributed by atoms with van der Waals surface area (Å²) in [6.45, 7) is 10.2. The summed E-state index contributed by atoms with van der Waals surface area (Å²) in [5, 5.41) is 6.55. The zero-order chi connectivity index (χ0) is 13.8. The van der Waals surface area contributed by atoms with Crippen LogP contribution in [0.5, 0.6) is 0 Å². The summed E-state index contributed by atoms with van der Waals surface area (Å²) >= 11 is 1.59. The van der Waals surface area contributed by atoms with Crippen molar-refractivity contribution in [2.75, 3.05) is 17.6 Å². The second kappa shape index (κ2) is 3.82. The van der Waals surface area contributed by atoms with Crippen LogP contribution in [0.4, 0.5) is 11.8 Å². The standard InChI is InChI=1S/C14H20N4S/c1-13(2)9(14(13,3)4)7-16-10-8-5-6-19-11(8)18-12(15)17-10/h5-6,9H,7H2,1-4H3,(H3,15,16,17,18). The normalized spacial score (nSPS) is 20.6. The van der Waals surface area contributed by atoms with Crippen molar-refractivity contribution >= 4 is 33.3 Å². The number of nitrogens with one attached hydrogen (secondary N) is 1. The van der Waals surface area contributed by atoms with Crippen molar-refractivity contribution in [2.45, 2.75) is 27.7 Å². The molecule has 102 valence electrons.